The number of aromatic nitrogens is 2. The van der Waals surface area contributed by atoms with Crippen LogP contribution >= 0.6 is 0 Å². The van der Waals surface area contributed by atoms with Crippen molar-refractivity contribution < 1.29 is 14.6 Å². The van der Waals surface area contributed by atoms with Crippen molar-refractivity contribution in [1.29, 1.82) is 0 Å². The van der Waals surface area contributed by atoms with Crippen LogP contribution in [-0.4, -0.2) is 51.3 Å². The average Bonchev–Trinajstić information content (AvgIpc) is 3.34. The van der Waals surface area contributed by atoms with E-state index < -0.39 is 5.60 Å². The van der Waals surface area contributed by atoms with Crippen LogP contribution in [0.25, 0.3) is 0 Å². The molecule has 2 aromatic rings. The van der Waals surface area contributed by atoms with Crippen molar-refractivity contribution in [3.05, 3.63) is 47.0 Å². The second-order valence-corrected chi connectivity index (χ2v) is 8.49. The molecule has 2 heterocycles. The molecular weight excluding hydrogens is 366 g/mol. The zero-order valence-corrected chi connectivity index (χ0v) is 17.5. The number of nitrogens with zero attached hydrogens (tertiary/aromatic N) is 3. The number of methoxy groups -OCH3 is 1. The number of piperidine rings is 1. The zero-order valence-electron chi connectivity index (χ0n) is 17.5. The summed E-state index contributed by atoms with van der Waals surface area (Å²) in [6.07, 6.45) is 9.48. The number of likely N-dealkylation sites (tertiary alicyclic amines) is 1. The van der Waals surface area contributed by atoms with Gasteiger partial charge in [-0.2, -0.15) is 0 Å². The highest BCUT2D eigenvalue weighted by Crippen LogP contribution is 2.31. The first kappa shape index (κ1) is 20.0. The third-order valence-corrected chi connectivity index (χ3v) is 6.54. The molecule has 0 atom stereocenters. The largest absolute Gasteiger partial charge is 0.496 e. The van der Waals surface area contributed by atoms with E-state index in [1.165, 1.54) is 17.5 Å². The van der Waals surface area contributed by atoms with E-state index >= 15 is 0 Å². The first-order valence-corrected chi connectivity index (χ1v) is 10.6. The van der Waals surface area contributed by atoms with Gasteiger partial charge in [0, 0.05) is 31.9 Å². The van der Waals surface area contributed by atoms with E-state index in [0.717, 1.165) is 30.0 Å². The number of carbonyl (C=O) groups is 1. The van der Waals surface area contributed by atoms with Gasteiger partial charge in [-0.15, -0.1) is 0 Å². The molecule has 1 aromatic heterocycles. The molecule has 0 radical (unpaired) electrons. The molecule has 6 nitrogen and oxygen atoms in total. The second kappa shape index (κ2) is 8.19. The van der Waals surface area contributed by atoms with E-state index in [9.17, 15) is 9.90 Å². The summed E-state index contributed by atoms with van der Waals surface area (Å²) in [6.45, 7) is 3.68. The standard InChI is InChI=1S/C23H31N3O3/c1-17-24-10-13-26(17)16-23(28)8-11-25(12-9-23)22(27)7-6-20-14-18-4-3-5-19(18)15-21(20)29-2/h10,13-15,28H,3-9,11-12,16H2,1-2H3. The molecule has 1 saturated heterocycles. The monoisotopic (exact) mass is 397 g/mol. The molecule has 0 spiro atoms. The number of fused-ring (bicyclic) bond motifs is 1. The summed E-state index contributed by atoms with van der Waals surface area (Å²) in [5.74, 6) is 1.97. The Morgan fingerprint density at radius 3 is 2.62 bits per heavy atom. The molecule has 1 amide bonds. The van der Waals surface area contributed by atoms with Crippen LogP contribution in [0.15, 0.2) is 24.5 Å². The van der Waals surface area contributed by atoms with Gasteiger partial charge in [-0.1, -0.05) is 6.07 Å². The number of hydrogen-bond donors (Lipinski definition) is 1. The average molecular weight is 398 g/mol. The number of rotatable bonds is 6. The van der Waals surface area contributed by atoms with Crippen molar-refractivity contribution >= 4 is 5.91 Å². The quantitative estimate of drug-likeness (QED) is 0.814. The van der Waals surface area contributed by atoms with Gasteiger partial charge < -0.3 is 19.3 Å². The van der Waals surface area contributed by atoms with Gasteiger partial charge in [-0.3, -0.25) is 4.79 Å². The Hall–Kier alpha value is -2.34. The molecular formula is C23H31N3O3. The minimum Gasteiger partial charge on any atom is -0.496 e. The summed E-state index contributed by atoms with van der Waals surface area (Å²) >= 11 is 0. The number of ether oxygens (including phenoxy) is 1. The third-order valence-electron chi connectivity index (χ3n) is 6.54. The van der Waals surface area contributed by atoms with E-state index in [4.69, 9.17) is 4.74 Å². The van der Waals surface area contributed by atoms with Crippen LogP contribution in [0.4, 0.5) is 0 Å². The van der Waals surface area contributed by atoms with Crippen LogP contribution in [0, 0.1) is 6.92 Å². The van der Waals surface area contributed by atoms with E-state index in [1.54, 1.807) is 13.3 Å². The van der Waals surface area contributed by atoms with Gasteiger partial charge in [-0.25, -0.2) is 4.98 Å². The minimum atomic E-state index is -0.772. The summed E-state index contributed by atoms with van der Waals surface area (Å²) in [5, 5.41) is 10.9. The summed E-state index contributed by atoms with van der Waals surface area (Å²) < 4.78 is 7.55. The van der Waals surface area contributed by atoms with Crippen LogP contribution < -0.4 is 4.74 Å². The van der Waals surface area contributed by atoms with Gasteiger partial charge in [0.25, 0.3) is 0 Å². The molecule has 2 aliphatic rings. The van der Waals surface area contributed by atoms with Crippen LogP contribution in [0.1, 0.15) is 48.2 Å². The Morgan fingerprint density at radius 1 is 1.24 bits per heavy atom. The lowest BCUT2D eigenvalue weighted by atomic mass is 9.91. The molecule has 1 aliphatic carbocycles. The van der Waals surface area contributed by atoms with Gasteiger partial charge in [0.15, 0.2) is 0 Å². The van der Waals surface area contributed by atoms with Crippen molar-refractivity contribution in [1.82, 2.24) is 14.5 Å². The van der Waals surface area contributed by atoms with Crippen LogP contribution in [0.5, 0.6) is 5.75 Å². The smallest absolute Gasteiger partial charge is 0.222 e. The molecule has 1 fully saturated rings. The highest BCUT2D eigenvalue weighted by molar-refractivity contribution is 5.76. The molecule has 1 aromatic carbocycles. The second-order valence-electron chi connectivity index (χ2n) is 8.49. The highest BCUT2D eigenvalue weighted by atomic mass is 16.5. The normalized spacial score (nSPS) is 18.0. The van der Waals surface area contributed by atoms with E-state index in [0.29, 0.717) is 45.3 Å². The molecule has 0 unspecified atom stereocenters. The Kier molecular flexibility index (Phi) is 5.63. The highest BCUT2D eigenvalue weighted by Gasteiger charge is 2.34. The van der Waals surface area contributed by atoms with Crippen molar-refractivity contribution in [2.24, 2.45) is 0 Å². The molecule has 1 aliphatic heterocycles. The number of hydrogen-bond acceptors (Lipinski definition) is 4. The predicted octanol–water partition coefficient (Wildman–Crippen LogP) is 2.68. The number of aliphatic hydroxyl groups is 1. The van der Waals surface area contributed by atoms with Crippen molar-refractivity contribution in [2.45, 2.75) is 64.0 Å². The molecule has 6 heteroatoms. The first-order valence-electron chi connectivity index (χ1n) is 10.6. The number of amides is 1. The summed E-state index contributed by atoms with van der Waals surface area (Å²) in [4.78, 5) is 18.9. The van der Waals surface area contributed by atoms with Crippen molar-refractivity contribution in [2.75, 3.05) is 20.2 Å². The Morgan fingerprint density at radius 2 is 1.97 bits per heavy atom. The molecule has 4 rings (SSSR count). The molecule has 0 saturated carbocycles. The van der Waals surface area contributed by atoms with Crippen LogP contribution in [-0.2, 0) is 30.6 Å². The van der Waals surface area contributed by atoms with Gasteiger partial charge in [0.2, 0.25) is 5.91 Å². The number of imidazole rings is 1. The predicted molar refractivity (Wildman–Crippen MR) is 111 cm³/mol. The fraction of sp³-hybridized carbons (Fsp3) is 0.565. The van der Waals surface area contributed by atoms with E-state index in [2.05, 4.69) is 17.1 Å². The van der Waals surface area contributed by atoms with Crippen LogP contribution in [0.3, 0.4) is 0 Å². The first-order chi connectivity index (χ1) is 14.0. The topological polar surface area (TPSA) is 67.6 Å². The summed E-state index contributed by atoms with van der Waals surface area (Å²) in [5.41, 5.74) is 3.16. The Labute approximate surface area is 172 Å². The SMILES string of the molecule is COc1cc2c(cc1CCC(=O)N1CCC(O)(Cn3ccnc3C)CC1)CCC2. The Bertz CT molecular complexity index is 881. The molecule has 0 bridgehead atoms. The zero-order chi connectivity index (χ0) is 20.4. The lowest BCUT2D eigenvalue weighted by Crippen LogP contribution is -2.48. The fourth-order valence-electron chi connectivity index (χ4n) is 4.66. The van der Waals surface area contributed by atoms with E-state index in [1.807, 2.05) is 22.6 Å². The maximum absolute atomic E-state index is 12.8. The maximum atomic E-state index is 12.8. The molecule has 1 N–H and O–H groups in total. The summed E-state index contributed by atoms with van der Waals surface area (Å²) in [7, 11) is 1.70. The molecule has 29 heavy (non-hydrogen) atoms. The minimum absolute atomic E-state index is 0.161. The van der Waals surface area contributed by atoms with Gasteiger partial charge in [0.05, 0.1) is 19.3 Å². The lowest BCUT2D eigenvalue weighted by molar-refractivity contribution is -0.135. The van der Waals surface area contributed by atoms with Gasteiger partial charge in [-0.05, 0) is 68.2 Å². The number of carbonyl (C=O) groups excluding carboxylic acids is 1. The van der Waals surface area contributed by atoms with E-state index in [-0.39, 0.29) is 5.91 Å². The van der Waals surface area contributed by atoms with Crippen LogP contribution in [0.2, 0.25) is 0 Å². The maximum Gasteiger partial charge on any atom is 0.222 e. The Balaban J connectivity index is 1.32. The lowest BCUT2D eigenvalue weighted by Gasteiger charge is -2.38. The summed E-state index contributed by atoms with van der Waals surface area (Å²) in [6, 6.07) is 4.39. The van der Waals surface area contributed by atoms with Crippen molar-refractivity contribution in [3.8, 4) is 5.75 Å². The van der Waals surface area contributed by atoms with Gasteiger partial charge >= 0.3 is 0 Å². The van der Waals surface area contributed by atoms with Gasteiger partial charge in [0.1, 0.15) is 11.6 Å². The number of benzene rings is 1. The fourth-order valence-corrected chi connectivity index (χ4v) is 4.66. The number of aryl methyl sites for hydroxylation is 4. The van der Waals surface area contributed by atoms with Crippen molar-refractivity contribution in [3.63, 3.8) is 0 Å². The molecule has 156 valence electrons. The third kappa shape index (κ3) is 4.32.